The number of sulfonamides is 1. The third-order valence-corrected chi connectivity index (χ3v) is 4.73. The number of methoxy groups -OCH3 is 1. The molecule has 0 spiro atoms. The maximum Gasteiger partial charge on any atom is 0.240 e. The summed E-state index contributed by atoms with van der Waals surface area (Å²) in [6.07, 6.45) is 0. The normalized spacial score (nSPS) is 11.3. The fraction of sp³-hybridized carbons (Fsp3) is 0.294. The molecule has 2 aromatic rings. The zero-order chi connectivity index (χ0) is 16.9. The number of ether oxygens (including phenoxy) is 2. The number of benzene rings is 2. The monoisotopic (exact) mass is 335 g/mol. The number of nitrogens with one attached hydrogen (secondary N) is 1. The van der Waals surface area contributed by atoms with Gasteiger partial charge in [-0.3, -0.25) is 0 Å². The third kappa shape index (κ3) is 4.71. The molecule has 0 aliphatic rings. The van der Waals surface area contributed by atoms with Crippen molar-refractivity contribution in [1.29, 1.82) is 0 Å². The highest BCUT2D eigenvalue weighted by atomic mass is 32.2. The van der Waals surface area contributed by atoms with Crippen molar-refractivity contribution in [3.63, 3.8) is 0 Å². The molecule has 0 atom stereocenters. The van der Waals surface area contributed by atoms with Crippen LogP contribution in [0.15, 0.2) is 47.4 Å². The lowest BCUT2D eigenvalue weighted by Crippen LogP contribution is -2.28. The van der Waals surface area contributed by atoms with Gasteiger partial charge in [0.2, 0.25) is 10.0 Å². The molecule has 0 radical (unpaired) electrons. The van der Waals surface area contributed by atoms with Crippen LogP contribution in [-0.2, 0) is 10.0 Å². The molecule has 1 N–H and O–H groups in total. The van der Waals surface area contributed by atoms with Gasteiger partial charge >= 0.3 is 0 Å². The molecular weight excluding hydrogens is 314 g/mol. The van der Waals surface area contributed by atoms with Crippen molar-refractivity contribution >= 4 is 10.0 Å². The topological polar surface area (TPSA) is 64.6 Å². The summed E-state index contributed by atoms with van der Waals surface area (Å²) in [6, 6.07) is 12.4. The Kier molecular flexibility index (Phi) is 5.63. The van der Waals surface area contributed by atoms with Gasteiger partial charge in [0, 0.05) is 6.54 Å². The summed E-state index contributed by atoms with van der Waals surface area (Å²) in [5.41, 5.74) is 1.96. The largest absolute Gasteiger partial charge is 0.493 e. The highest BCUT2D eigenvalue weighted by Gasteiger charge is 2.13. The van der Waals surface area contributed by atoms with Crippen molar-refractivity contribution in [2.24, 2.45) is 0 Å². The van der Waals surface area contributed by atoms with Gasteiger partial charge in [-0.1, -0.05) is 18.2 Å². The second-order valence-electron chi connectivity index (χ2n) is 5.22. The lowest BCUT2D eigenvalue weighted by atomic mass is 10.2. The summed E-state index contributed by atoms with van der Waals surface area (Å²) < 4.78 is 37.7. The average molecular weight is 335 g/mol. The Balaban J connectivity index is 1.93. The number of rotatable bonds is 7. The van der Waals surface area contributed by atoms with Crippen molar-refractivity contribution < 1.29 is 17.9 Å². The highest BCUT2D eigenvalue weighted by molar-refractivity contribution is 7.89. The van der Waals surface area contributed by atoms with Gasteiger partial charge in [0.1, 0.15) is 6.61 Å². The predicted molar refractivity (Wildman–Crippen MR) is 89.6 cm³/mol. The minimum absolute atomic E-state index is 0.174. The molecule has 0 unspecified atom stereocenters. The summed E-state index contributed by atoms with van der Waals surface area (Å²) in [5, 5.41) is 0. The fourth-order valence-electron chi connectivity index (χ4n) is 2.10. The Morgan fingerprint density at radius 1 is 1.00 bits per heavy atom. The SMILES string of the molecule is COc1cc(C)ccc1OCCNS(=O)(=O)c1cccc(C)c1. The highest BCUT2D eigenvalue weighted by Crippen LogP contribution is 2.27. The van der Waals surface area contributed by atoms with Crippen LogP contribution in [0.2, 0.25) is 0 Å². The molecule has 124 valence electrons. The van der Waals surface area contributed by atoms with Crippen LogP contribution in [0, 0.1) is 13.8 Å². The molecule has 0 aliphatic carbocycles. The van der Waals surface area contributed by atoms with E-state index in [1.54, 1.807) is 25.3 Å². The molecule has 2 aromatic carbocycles. The first kappa shape index (κ1) is 17.3. The minimum Gasteiger partial charge on any atom is -0.493 e. The van der Waals surface area contributed by atoms with Gasteiger partial charge in [-0.25, -0.2) is 13.1 Å². The third-order valence-electron chi connectivity index (χ3n) is 3.27. The summed E-state index contributed by atoms with van der Waals surface area (Å²) in [5.74, 6) is 1.22. The average Bonchev–Trinajstić information content (AvgIpc) is 2.52. The second-order valence-corrected chi connectivity index (χ2v) is 6.98. The molecule has 0 amide bonds. The van der Waals surface area contributed by atoms with Gasteiger partial charge in [0.25, 0.3) is 0 Å². The van der Waals surface area contributed by atoms with Crippen LogP contribution in [0.1, 0.15) is 11.1 Å². The first-order valence-corrected chi connectivity index (χ1v) is 8.74. The van der Waals surface area contributed by atoms with Gasteiger partial charge in [0.15, 0.2) is 11.5 Å². The maximum atomic E-state index is 12.2. The van der Waals surface area contributed by atoms with Crippen LogP contribution in [0.3, 0.4) is 0 Å². The molecule has 2 rings (SSSR count). The molecule has 0 bridgehead atoms. The molecule has 0 aromatic heterocycles. The van der Waals surface area contributed by atoms with E-state index in [0.29, 0.717) is 11.5 Å². The summed E-state index contributed by atoms with van der Waals surface area (Å²) >= 11 is 0. The Bertz CT molecular complexity index is 772. The molecule has 5 nitrogen and oxygen atoms in total. The summed E-state index contributed by atoms with van der Waals surface area (Å²) in [7, 11) is -1.95. The molecule has 0 aliphatic heterocycles. The van der Waals surface area contributed by atoms with E-state index in [1.807, 2.05) is 38.1 Å². The predicted octanol–water partition coefficient (Wildman–Crippen LogP) is 2.67. The zero-order valence-electron chi connectivity index (χ0n) is 13.5. The van der Waals surface area contributed by atoms with Crippen LogP contribution in [0.5, 0.6) is 11.5 Å². The molecule has 0 fully saturated rings. The molecule has 0 saturated carbocycles. The lowest BCUT2D eigenvalue weighted by Gasteiger charge is -2.12. The maximum absolute atomic E-state index is 12.2. The van der Waals surface area contributed by atoms with Crippen molar-refractivity contribution in [3.8, 4) is 11.5 Å². The standard InChI is InChI=1S/C17H21NO4S/c1-13-5-4-6-15(11-13)23(19,20)18-9-10-22-16-8-7-14(2)12-17(16)21-3/h4-8,11-12,18H,9-10H2,1-3H3. The lowest BCUT2D eigenvalue weighted by molar-refractivity contribution is 0.298. The number of hydrogen-bond acceptors (Lipinski definition) is 4. The Hall–Kier alpha value is -2.05. The Morgan fingerprint density at radius 3 is 2.43 bits per heavy atom. The van der Waals surface area contributed by atoms with Crippen LogP contribution in [0.4, 0.5) is 0 Å². The van der Waals surface area contributed by atoms with Crippen molar-refractivity contribution in [2.45, 2.75) is 18.7 Å². The van der Waals surface area contributed by atoms with Gasteiger partial charge in [-0.2, -0.15) is 0 Å². The van der Waals surface area contributed by atoms with E-state index < -0.39 is 10.0 Å². The van der Waals surface area contributed by atoms with E-state index in [9.17, 15) is 8.42 Å². The summed E-state index contributed by atoms with van der Waals surface area (Å²) in [4.78, 5) is 0.255. The quantitative estimate of drug-likeness (QED) is 0.790. The van der Waals surface area contributed by atoms with Crippen molar-refractivity contribution in [3.05, 3.63) is 53.6 Å². The first-order chi connectivity index (χ1) is 10.9. The minimum atomic E-state index is -3.52. The zero-order valence-corrected chi connectivity index (χ0v) is 14.3. The van der Waals surface area contributed by atoms with Crippen molar-refractivity contribution in [1.82, 2.24) is 4.72 Å². The second kappa shape index (κ2) is 7.48. The molecule has 0 heterocycles. The Morgan fingerprint density at radius 2 is 1.74 bits per heavy atom. The van der Waals surface area contributed by atoms with E-state index in [2.05, 4.69) is 4.72 Å². The van der Waals surface area contributed by atoms with E-state index >= 15 is 0 Å². The van der Waals surface area contributed by atoms with Gasteiger partial charge in [-0.15, -0.1) is 0 Å². The van der Waals surface area contributed by atoms with Crippen LogP contribution in [-0.4, -0.2) is 28.7 Å². The molecule has 6 heteroatoms. The van der Waals surface area contributed by atoms with Crippen molar-refractivity contribution in [2.75, 3.05) is 20.3 Å². The van der Waals surface area contributed by atoms with E-state index in [4.69, 9.17) is 9.47 Å². The van der Waals surface area contributed by atoms with Gasteiger partial charge in [-0.05, 0) is 49.2 Å². The van der Waals surface area contributed by atoms with Gasteiger partial charge < -0.3 is 9.47 Å². The molecule has 23 heavy (non-hydrogen) atoms. The van der Waals surface area contributed by atoms with Gasteiger partial charge in [0.05, 0.1) is 12.0 Å². The van der Waals surface area contributed by atoms with Crippen LogP contribution < -0.4 is 14.2 Å². The molecular formula is C17H21NO4S. The van der Waals surface area contributed by atoms with E-state index in [0.717, 1.165) is 11.1 Å². The summed E-state index contributed by atoms with van der Waals surface area (Å²) in [6.45, 7) is 4.20. The number of hydrogen-bond donors (Lipinski definition) is 1. The van der Waals surface area contributed by atoms with Crippen LogP contribution in [0.25, 0.3) is 0 Å². The van der Waals surface area contributed by atoms with E-state index in [-0.39, 0.29) is 18.0 Å². The molecule has 0 saturated heterocycles. The Labute approximate surface area is 137 Å². The van der Waals surface area contributed by atoms with Crippen LogP contribution >= 0.6 is 0 Å². The van der Waals surface area contributed by atoms with E-state index in [1.165, 1.54) is 0 Å². The first-order valence-electron chi connectivity index (χ1n) is 7.26. The smallest absolute Gasteiger partial charge is 0.240 e. The number of aryl methyl sites for hydroxylation is 2. The fourth-order valence-corrected chi connectivity index (χ4v) is 3.21.